The zero-order valence-corrected chi connectivity index (χ0v) is 14.4. The number of nitrogens with zero attached hydrogens (tertiary/aromatic N) is 1. The summed E-state index contributed by atoms with van der Waals surface area (Å²) < 4.78 is 5.10. The third-order valence-corrected chi connectivity index (χ3v) is 3.99. The standard InChI is InChI=1S/C20H23NO4/c1-25-14-13-21(15-16-7-3-2-4-8-16)19(22)12-11-17-9-5-6-10-18(17)20(23)24/h2-10H,11-15H2,1H3,(H,23,24). The first-order valence-corrected chi connectivity index (χ1v) is 8.23. The van der Waals surface area contributed by atoms with Crippen molar-refractivity contribution in [3.63, 3.8) is 0 Å². The fourth-order valence-electron chi connectivity index (χ4n) is 2.64. The van der Waals surface area contributed by atoms with Gasteiger partial charge < -0.3 is 14.7 Å². The monoisotopic (exact) mass is 341 g/mol. The quantitative estimate of drug-likeness (QED) is 0.761. The van der Waals surface area contributed by atoms with Crippen molar-refractivity contribution in [3.8, 4) is 0 Å². The highest BCUT2D eigenvalue weighted by Crippen LogP contribution is 2.13. The second kappa shape index (κ2) is 9.59. The SMILES string of the molecule is COCCN(Cc1ccccc1)C(=O)CCc1ccccc1C(=O)O. The Morgan fingerprint density at radius 1 is 1.04 bits per heavy atom. The number of carboxylic acids is 1. The Balaban J connectivity index is 2.03. The van der Waals surface area contributed by atoms with Crippen LogP contribution in [0.4, 0.5) is 0 Å². The van der Waals surface area contributed by atoms with Crippen LogP contribution in [-0.4, -0.2) is 42.1 Å². The maximum Gasteiger partial charge on any atom is 0.335 e. The molecule has 0 saturated carbocycles. The van der Waals surface area contributed by atoms with Crippen molar-refractivity contribution in [2.75, 3.05) is 20.3 Å². The lowest BCUT2D eigenvalue weighted by Gasteiger charge is -2.23. The fourth-order valence-corrected chi connectivity index (χ4v) is 2.64. The topological polar surface area (TPSA) is 66.8 Å². The third-order valence-electron chi connectivity index (χ3n) is 3.99. The van der Waals surface area contributed by atoms with Gasteiger partial charge in [-0.3, -0.25) is 4.79 Å². The van der Waals surface area contributed by atoms with Gasteiger partial charge in [-0.2, -0.15) is 0 Å². The second-order valence-corrected chi connectivity index (χ2v) is 5.76. The van der Waals surface area contributed by atoms with E-state index in [4.69, 9.17) is 4.74 Å². The van der Waals surface area contributed by atoms with Gasteiger partial charge in [0.1, 0.15) is 0 Å². The van der Waals surface area contributed by atoms with Crippen molar-refractivity contribution in [1.29, 1.82) is 0 Å². The molecule has 0 bridgehead atoms. The number of hydrogen-bond acceptors (Lipinski definition) is 3. The first-order chi connectivity index (χ1) is 12.1. The lowest BCUT2D eigenvalue weighted by atomic mass is 10.0. The molecule has 0 fully saturated rings. The highest BCUT2D eigenvalue weighted by atomic mass is 16.5. The highest BCUT2D eigenvalue weighted by Gasteiger charge is 2.16. The summed E-state index contributed by atoms with van der Waals surface area (Å²) in [6, 6.07) is 16.6. The van der Waals surface area contributed by atoms with Crippen LogP contribution in [0.15, 0.2) is 54.6 Å². The van der Waals surface area contributed by atoms with Crippen LogP contribution in [0.5, 0.6) is 0 Å². The molecule has 132 valence electrons. The zero-order valence-electron chi connectivity index (χ0n) is 14.4. The summed E-state index contributed by atoms with van der Waals surface area (Å²) in [7, 11) is 1.61. The predicted molar refractivity (Wildman–Crippen MR) is 95.5 cm³/mol. The number of carbonyl (C=O) groups is 2. The van der Waals surface area contributed by atoms with Gasteiger partial charge in [0.2, 0.25) is 5.91 Å². The first kappa shape index (κ1) is 18.7. The van der Waals surface area contributed by atoms with E-state index in [1.807, 2.05) is 30.3 Å². The maximum absolute atomic E-state index is 12.6. The molecule has 2 aromatic carbocycles. The molecule has 2 aromatic rings. The van der Waals surface area contributed by atoms with Gasteiger partial charge in [0.25, 0.3) is 0 Å². The molecular weight excluding hydrogens is 318 g/mol. The number of carboxylic acid groups (broad SMARTS) is 1. The number of aromatic carboxylic acids is 1. The van der Waals surface area contributed by atoms with E-state index in [0.717, 1.165) is 5.56 Å². The van der Waals surface area contributed by atoms with Crippen LogP contribution in [-0.2, 0) is 22.5 Å². The molecule has 5 nitrogen and oxygen atoms in total. The maximum atomic E-state index is 12.6. The van der Waals surface area contributed by atoms with E-state index in [-0.39, 0.29) is 17.9 Å². The molecule has 25 heavy (non-hydrogen) atoms. The molecule has 0 radical (unpaired) electrons. The van der Waals surface area contributed by atoms with Crippen LogP contribution in [0.25, 0.3) is 0 Å². The van der Waals surface area contributed by atoms with Crippen molar-refractivity contribution >= 4 is 11.9 Å². The normalized spacial score (nSPS) is 10.4. The molecule has 0 unspecified atom stereocenters. The predicted octanol–water partition coefficient (Wildman–Crippen LogP) is 2.99. The summed E-state index contributed by atoms with van der Waals surface area (Å²) in [6.45, 7) is 1.48. The van der Waals surface area contributed by atoms with Gasteiger partial charge >= 0.3 is 5.97 Å². The number of carbonyl (C=O) groups excluding carboxylic acids is 1. The van der Waals surface area contributed by atoms with Gasteiger partial charge in [-0.25, -0.2) is 4.79 Å². The molecule has 5 heteroatoms. The summed E-state index contributed by atoms with van der Waals surface area (Å²) in [6.07, 6.45) is 0.667. The number of methoxy groups -OCH3 is 1. The highest BCUT2D eigenvalue weighted by molar-refractivity contribution is 5.89. The Labute approximate surface area is 147 Å². The largest absolute Gasteiger partial charge is 0.478 e. The van der Waals surface area contributed by atoms with Crippen molar-refractivity contribution < 1.29 is 19.4 Å². The molecule has 0 heterocycles. The van der Waals surface area contributed by atoms with E-state index >= 15 is 0 Å². The molecule has 1 N–H and O–H groups in total. The second-order valence-electron chi connectivity index (χ2n) is 5.76. The van der Waals surface area contributed by atoms with E-state index < -0.39 is 5.97 Å². The number of aryl methyl sites for hydroxylation is 1. The minimum atomic E-state index is -0.969. The first-order valence-electron chi connectivity index (χ1n) is 8.23. The minimum absolute atomic E-state index is 0.0129. The number of amides is 1. The number of ether oxygens (including phenoxy) is 1. The molecule has 0 spiro atoms. The number of rotatable bonds is 9. The summed E-state index contributed by atoms with van der Waals surface area (Å²) in [5.41, 5.74) is 1.98. The van der Waals surface area contributed by atoms with Gasteiger partial charge in [-0.1, -0.05) is 48.5 Å². The third kappa shape index (κ3) is 5.72. The summed E-state index contributed by atoms with van der Waals surface area (Å²) in [5, 5.41) is 9.24. The van der Waals surface area contributed by atoms with E-state index in [9.17, 15) is 14.7 Å². The summed E-state index contributed by atoms with van der Waals surface area (Å²) in [4.78, 5) is 25.7. The molecule has 0 aliphatic heterocycles. The van der Waals surface area contributed by atoms with Gasteiger partial charge in [-0.15, -0.1) is 0 Å². The Morgan fingerprint density at radius 3 is 2.40 bits per heavy atom. The molecule has 0 saturated heterocycles. The van der Waals surface area contributed by atoms with E-state index in [1.165, 1.54) is 0 Å². The molecule has 2 rings (SSSR count). The van der Waals surface area contributed by atoms with Gasteiger partial charge in [0.05, 0.1) is 12.2 Å². The van der Waals surface area contributed by atoms with Crippen LogP contribution >= 0.6 is 0 Å². The molecule has 0 atom stereocenters. The summed E-state index contributed by atoms with van der Waals surface area (Å²) in [5.74, 6) is -0.982. The van der Waals surface area contributed by atoms with Gasteiger partial charge in [0, 0.05) is 26.6 Å². The van der Waals surface area contributed by atoms with Crippen molar-refractivity contribution in [1.82, 2.24) is 4.90 Å². The fraction of sp³-hybridized carbons (Fsp3) is 0.300. The van der Waals surface area contributed by atoms with Crippen LogP contribution in [0.3, 0.4) is 0 Å². The van der Waals surface area contributed by atoms with E-state index in [1.54, 1.807) is 36.3 Å². The zero-order chi connectivity index (χ0) is 18.1. The van der Waals surface area contributed by atoms with E-state index in [2.05, 4.69) is 0 Å². The van der Waals surface area contributed by atoms with E-state index in [0.29, 0.717) is 31.7 Å². The Hall–Kier alpha value is -2.66. The molecule has 1 amide bonds. The average Bonchev–Trinajstić information content (AvgIpc) is 2.64. The van der Waals surface area contributed by atoms with Crippen LogP contribution in [0.1, 0.15) is 27.9 Å². The minimum Gasteiger partial charge on any atom is -0.478 e. The average molecular weight is 341 g/mol. The Bertz CT molecular complexity index is 700. The van der Waals surface area contributed by atoms with Gasteiger partial charge in [-0.05, 0) is 23.6 Å². The molecule has 0 aliphatic carbocycles. The lowest BCUT2D eigenvalue weighted by Crippen LogP contribution is -2.33. The van der Waals surface area contributed by atoms with Crippen LogP contribution in [0, 0.1) is 0 Å². The number of benzene rings is 2. The van der Waals surface area contributed by atoms with Crippen molar-refractivity contribution in [3.05, 3.63) is 71.3 Å². The van der Waals surface area contributed by atoms with Crippen molar-refractivity contribution in [2.45, 2.75) is 19.4 Å². The van der Waals surface area contributed by atoms with Crippen LogP contribution in [0.2, 0.25) is 0 Å². The number of hydrogen-bond donors (Lipinski definition) is 1. The smallest absolute Gasteiger partial charge is 0.335 e. The Kier molecular flexibility index (Phi) is 7.16. The van der Waals surface area contributed by atoms with Gasteiger partial charge in [0.15, 0.2) is 0 Å². The summed E-state index contributed by atoms with van der Waals surface area (Å²) >= 11 is 0. The molecular formula is C20H23NO4. The van der Waals surface area contributed by atoms with Crippen molar-refractivity contribution in [2.24, 2.45) is 0 Å². The van der Waals surface area contributed by atoms with Crippen LogP contribution < -0.4 is 0 Å². The molecule has 0 aromatic heterocycles. The lowest BCUT2D eigenvalue weighted by molar-refractivity contribution is -0.132. The Morgan fingerprint density at radius 2 is 1.72 bits per heavy atom. The molecule has 0 aliphatic rings.